The minimum atomic E-state index is -1.17. The molecule has 0 saturated carbocycles. The number of carboxylic acids is 1. The Hall–Kier alpha value is -2.31. The van der Waals surface area contributed by atoms with Crippen LogP contribution in [0.5, 0.6) is 5.75 Å². The summed E-state index contributed by atoms with van der Waals surface area (Å²) < 4.78 is 5.93. The van der Waals surface area contributed by atoms with E-state index in [0.29, 0.717) is 34.4 Å². The Bertz CT molecular complexity index is 844. The zero-order valence-corrected chi connectivity index (χ0v) is 15.2. The van der Waals surface area contributed by atoms with Gasteiger partial charge in [-0.25, -0.2) is 9.78 Å². The molecule has 6 nitrogen and oxygen atoms in total. The molecule has 1 unspecified atom stereocenters. The summed E-state index contributed by atoms with van der Waals surface area (Å²) in [6.07, 6.45) is 2.74. The molecular formula is C18H16Cl2N2O4. The summed E-state index contributed by atoms with van der Waals surface area (Å²) in [5.41, 5.74) is 0.143. The van der Waals surface area contributed by atoms with Gasteiger partial charge in [-0.05, 0) is 37.1 Å². The number of aromatic carboxylic acids is 1. The zero-order valence-electron chi connectivity index (χ0n) is 13.7. The third kappa shape index (κ3) is 4.26. The van der Waals surface area contributed by atoms with Crippen LogP contribution in [0.25, 0.3) is 0 Å². The quantitative estimate of drug-likeness (QED) is 0.853. The van der Waals surface area contributed by atoms with Crippen molar-refractivity contribution in [1.82, 2.24) is 9.88 Å². The highest BCUT2D eigenvalue weighted by atomic mass is 35.5. The number of likely N-dealkylation sites (tertiary alicyclic amines) is 1. The highest BCUT2D eigenvalue weighted by Gasteiger charge is 2.26. The Labute approximate surface area is 160 Å². The number of rotatable bonds is 4. The largest absolute Gasteiger partial charge is 0.489 e. The average molecular weight is 395 g/mol. The lowest BCUT2D eigenvalue weighted by Gasteiger charge is -2.33. The SMILES string of the molecule is O=C(O)c1cc(C(=O)N2CCCC(Oc3ccc(Cl)c(Cl)c3)C2)ccn1. The van der Waals surface area contributed by atoms with Gasteiger partial charge in [0, 0.05) is 24.4 Å². The highest BCUT2D eigenvalue weighted by Crippen LogP contribution is 2.28. The predicted molar refractivity (Wildman–Crippen MR) is 97.2 cm³/mol. The lowest BCUT2D eigenvalue weighted by molar-refractivity contribution is 0.0538. The molecular weight excluding hydrogens is 379 g/mol. The van der Waals surface area contributed by atoms with Crippen molar-refractivity contribution < 1.29 is 19.4 Å². The topological polar surface area (TPSA) is 79.7 Å². The van der Waals surface area contributed by atoms with Gasteiger partial charge in [-0.1, -0.05) is 23.2 Å². The maximum atomic E-state index is 12.7. The van der Waals surface area contributed by atoms with Crippen LogP contribution in [0.2, 0.25) is 10.0 Å². The Balaban J connectivity index is 1.69. The molecule has 1 aromatic heterocycles. The molecule has 2 aromatic rings. The second-order valence-corrected chi connectivity index (χ2v) is 6.76. The average Bonchev–Trinajstić information content (AvgIpc) is 2.64. The van der Waals surface area contributed by atoms with E-state index in [9.17, 15) is 9.59 Å². The van der Waals surface area contributed by atoms with Gasteiger partial charge in [-0.3, -0.25) is 4.79 Å². The predicted octanol–water partition coefficient (Wildman–Crippen LogP) is 3.77. The van der Waals surface area contributed by atoms with Gasteiger partial charge in [0.15, 0.2) is 0 Å². The number of hydrogen-bond donors (Lipinski definition) is 1. The Morgan fingerprint density at radius 2 is 2.00 bits per heavy atom. The first kappa shape index (κ1) is 18.5. The summed E-state index contributed by atoms with van der Waals surface area (Å²) in [6.45, 7) is 0.995. The molecule has 1 aliphatic heterocycles. The van der Waals surface area contributed by atoms with Gasteiger partial charge in [0.1, 0.15) is 17.5 Å². The third-order valence-corrected chi connectivity index (χ3v) is 4.82. The van der Waals surface area contributed by atoms with E-state index < -0.39 is 5.97 Å². The smallest absolute Gasteiger partial charge is 0.354 e. The van der Waals surface area contributed by atoms with E-state index >= 15 is 0 Å². The van der Waals surface area contributed by atoms with Gasteiger partial charge in [-0.2, -0.15) is 0 Å². The van der Waals surface area contributed by atoms with E-state index in [1.807, 2.05) is 0 Å². The second kappa shape index (κ2) is 7.93. The second-order valence-electron chi connectivity index (χ2n) is 5.94. The summed E-state index contributed by atoms with van der Waals surface area (Å²) in [6, 6.07) is 7.84. The van der Waals surface area contributed by atoms with E-state index in [0.717, 1.165) is 12.8 Å². The highest BCUT2D eigenvalue weighted by molar-refractivity contribution is 6.42. The zero-order chi connectivity index (χ0) is 18.7. The summed E-state index contributed by atoms with van der Waals surface area (Å²) in [5.74, 6) is -0.813. The van der Waals surface area contributed by atoms with E-state index in [1.165, 1.54) is 18.3 Å². The van der Waals surface area contributed by atoms with E-state index in [-0.39, 0.29) is 17.7 Å². The fourth-order valence-electron chi connectivity index (χ4n) is 2.82. The van der Waals surface area contributed by atoms with Crippen molar-refractivity contribution >= 4 is 35.1 Å². The first-order valence-electron chi connectivity index (χ1n) is 8.04. The molecule has 1 fully saturated rings. The molecule has 1 amide bonds. The van der Waals surface area contributed by atoms with Crippen LogP contribution in [0.3, 0.4) is 0 Å². The van der Waals surface area contributed by atoms with Crippen molar-refractivity contribution in [1.29, 1.82) is 0 Å². The first-order valence-corrected chi connectivity index (χ1v) is 8.80. The van der Waals surface area contributed by atoms with Crippen molar-refractivity contribution in [2.24, 2.45) is 0 Å². The van der Waals surface area contributed by atoms with Crippen LogP contribution in [0, 0.1) is 0 Å². The number of benzene rings is 1. The number of carbonyl (C=O) groups excluding carboxylic acids is 1. The number of halogens is 2. The lowest BCUT2D eigenvalue weighted by Crippen LogP contribution is -2.44. The Morgan fingerprint density at radius 3 is 2.73 bits per heavy atom. The van der Waals surface area contributed by atoms with Gasteiger partial charge in [-0.15, -0.1) is 0 Å². The van der Waals surface area contributed by atoms with Crippen LogP contribution in [0.15, 0.2) is 36.5 Å². The lowest BCUT2D eigenvalue weighted by atomic mass is 10.1. The molecule has 26 heavy (non-hydrogen) atoms. The standard InChI is InChI=1S/C18H16Cl2N2O4/c19-14-4-3-12(9-15(14)20)26-13-2-1-7-22(10-13)17(23)11-5-6-21-16(8-11)18(24)25/h3-6,8-9,13H,1-2,7,10H2,(H,24,25). The first-order chi connectivity index (χ1) is 12.4. The van der Waals surface area contributed by atoms with E-state index in [2.05, 4.69) is 4.98 Å². The molecule has 0 spiro atoms. The van der Waals surface area contributed by atoms with Gasteiger partial charge in [0.2, 0.25) is 0 Å². The third-order valence-electron chi connectivity index (χ3n) is 4.09. The monoisotopic (exact) mass is 394 g/mol. The summed E-state index contributed by atoms with van der Waals surface area (Å²) >= 11 is 11.9. The van der Waals surface area contributed by atoms with Crippen molar-refractivity contribution in [3.63, 3.8) is 0 Å². The Morgan fingerprint density at radius 1 is 1.19 bits per heavy atom. The number of ether oxygens (including phenoxy) is 1. The fraction of sp³-hybridized carbons (Fsp3) is 0.278. The molecule has 1 aromatic carbocycles. The molecule has 3 rings (SSSR count). The van der Waals surface area contributed by atoms with Crippen molar-refractivity contribution in [2.75, 3.05) is 13.1 Å². The molecule has 1 aliphatic rings. The van der Waals surface area contributed by atoms with Crippen molar-refractivity contribution in [3.8, 4) is 5.75 Å². The fourth-order valence-corrected chi connectivity index (χ4v) is 3.11. The molecule has 0 aliphatic carbocycles. The van der Waals surface area contributed by atoms with E-state index in [1.54, 1.807) is 23.1 Å². The van der Waals surface area contributed by atoms with Gasteiger partial charge in [0.05, 0.1) is 16.6 Å². The number of carboxylic acid groups (broad SMARTS) is 1. The molecule has 1 saturated heterocycles. The van der Waals surface area contributed by atoms with Crippen LogP contribution >= 0.6 is 23.2 Å². The van der Waals surface area contributed by atoms with Gasteiger partial charge in [0.25, 0.3) is 5.91 Å². The number of carbonyl (C=O) groups is 2. The van der Waals surface area contributed by atoms with Crippen LogP contribution < -0.4 is 4.74 Å². The summed E-state index contributed by atoms with van der Waals surface area (Å²) in [5, 5.41) is 9.88. The number of hydrogen-bond acceptors (Lipinski definition) is 4. The van der Waals surface area contributed by atoms with Crippen LogP contribution in [-0.2, 0) is 0 Å². The van der Waals surface area contributed by atoms with Crippen molar-refractivity contribution in [2.45, 2.75) is 18.9 Å². The number of nitrogens with zero attached hydrogens (tertiary/aromatic N) is 2. The van der Waals surface area contributed by atoms with Crippen molar-refractivity contribution in [3.05, 3.63) is 57.8 Å². The van der Waals surface area contributed by atoms with Gasteiger partial charge < -0.3 is 14.7 Å². The summed E-state index contributed by atoms with van der Waals surface area (Å²) in [4.78, 5) is 29.1. The normalized spacial score (nSPS) is 17.0. The number of amides is 1. The minimum Gasteiger partial charge on any atom is -0.489 e. The summed E-state index contributed by atoms with van der Waals surface area (Å²) in [7, 11) is 0. The minimum absolute atomic E-state index is 0.156. The van der Waals surface area contributed by atoms with E-state index in [4.69, 9.17) is 33.0 Å². The molecule has 2 heterocycles. The number of piperidine rings is 1. The van der Waals surface area contributed by atoms with Gasteiger partial charge >= 0.3 is 5.97 Å². The Kier molecular flexibility index (Phi) is 5.64. The maximum absolute atomic E-state index is 12.7. The van der Waals surface area contributed by atoms with Crippen LogP contribution in [0.4, 0.5) is 0 Å². The number of pyridine rings is 1. The molecule has 136 valence electrons. The van der Waals surface area contributed by atoms with Crippen LogP contribution in [0.1, 0.15) is 33.7 Å². The number of aromatic nitrogens is 1. The van der Waals surface area contributed by atoms with Crippen LogP contribution in [-0.4, -0.2) is 46.1 Å². The maximum Gasteiger partial charge on any atom is 0.354 e. The molecule has 8 heteroatoms. The molecule has 0 radical (unpaired) electrons. The molecule has 1 N–H and O–H groups in total. The molecule has 0 bridgehead atoms. The molecule has 1 atom stereocenters.